The number of amides is 2. The number of nitrogens with zero attached hydrogens (tertiary/aromatic N) is 1. The van der Waals surface area contributed by atoms with Crippen LogP contribution in [0.3, 0.4) is 0 Å². The molecule has 0 aromatic carbocycles. The van der Waals surface area contributed by atoms with Crippen LogP contribution in [0.4, 0.5) is 0 Å². The van der Waals surface area contributed by atoms with E-state index in [0.29, 0.717) is 25.8 Å². The van der Waals surface area contributed by atoms with Crippen molar-refractivity contribution >= 4 is 17.8 Å². The zero-order chi connectivity index (χ0) is 14.6. The normalized spacial score (nSPS) is 22.2. The van der Waals surface area contributed by atoms with Gasteiger partial charge in [0, 0.05) is 19.9 Å². The van der Waals surface area contributed by atoms with Crippen molar-refractivity contribution in [2.45, 2.75) is 52.2 Å². The summed E-state index contributed by atoms with van der Waals surface area (Å²) >= 11 is 0. The van der Waals surface area contributed by atoms with Crippen molar-refractivity contribution in [3.05, 3.63) is 0 Å². The molecule has 0 bridgehead atoms. The van der Waals surface area contributed by atoms with Crippen molar-refractivity contribution in [3.8, 4) is 0 Å². The third kappa shape index (κ3) is 4.22. The van der Waals surface area contributed by atoms with Crippen LogP contribution in [0.1, 0.15) is 40.0 Å². The van der Waals surface area contributed by atoms with E-state index < -0.39 is 11.9 Å². The average Bonchev–Trinajstić information content (AvgIpc) is 2.58. The van der Waals surface area contributed by atoms with Crippen LogP contribution >= 0.6 is 0 Å². The molecule has 1 saturated heterocycles. The quantitative estimate of drug-likeness (QED) is 0.709. The first-order chi connectivity index (χ1) is 8.85. The first-order valence-electron chi connectivity index (χ1n) is 6.61. The molecule has 6 nitrogen and oxygen atoms in total. The van der Waals surface area contributed by atoms with E-state index in [0.717, 1.165) is 0 Å². The molecule has 1 aliphatic heterocycles. The van der Waals surface area contributed by atoms with Crippen LogP contribution in [0.2, 0.25) is 0 Å². The zero-order valence-electron chi connectivity index (χ0n) is 11.7. The highest BCUT2D eigenvalue weighted by Gasteiger charge is 2.36. The lowest BCUT2D eigenvalue weighted by Crippen LogP contribution is -2.45. The van der Waals surface area contributed by atoms with Gasteiger partial charge in [-0.25, -0.2) is 0 Å². The smallest absolute Gasteiger partial charge is 0.302 e. The van der Waals surface area contributed by atoms with Crippen molar-refractivity contribution in [2.24, 2.45) is 11.7 Å². The summed E-state index contributed by atoms with van der Waals surface area (Å²) in [4.78, 5) is 35.6. The molecule has 6 heteroatoms. The molecule has 0 aromatic heterocycles. The molecule has 0 aromatic rings. The number of carbonyl (C=O) groups excluding carboxylic acids is 3. The molecule has 0 radical (unpaired) electrons. The topological polar surface area (TPSA) is 89.7 Å². The van der Waals surface area contributed by atoms with E-state index in [9.17, 15) is 14.4 Å². The second-order valence-electron chi connectivity index (χ2n) is 5.10. The van der Waals surface area contributed by atoms with Crippen LogP contribution in [0.5, 0.6) is 0 Å². The van der Waals surface area contributed by atoms with Crippen molar-refractivity contribution in [1.82, 2.24) is 4.90 Å². The summed E-state index contributed by atoms with van der Waals surface area (Å²) in [7, 11) is 0. The highest BCUT2D eigenvalue weighted by atomic mass is 16.5. The maximum Gasteiger partial charge on any atom is 0.302 e. The summed E-state index contributed by atoms with van der Waals surface area (Å²) in [6.07, 6.45) is 1.31. The zero-order valence-corrected chi connectivity index (χ0v) is 11.7. The Kier molecular flexibility index (Phi) is 5.32. The molecule has 1 unspecified atom stereocenters. The number of carbonyl (C=O) groups is 3. The Morgan fingerprint density at radius 1 is 1.53 bits per heavy atom. The molecule has 1 heterocycles. The molecular formula is C13H22N2O4. The third-order valence-electron chi connectivity index (χ3n) is 3.36. The Hall–Kier alpha value is -1.59. The number of hydrogen-bond donors (Lipinski definition) is 1. The minimum atomic E-state index is -0.526. The molecule has 1 fully saturated rings. The fourth-order valence-electron chi connectivity index (χ4n) is 2.64. The summed E-state index contributed by atoms with van der Waals surface area (Å²) in [5, 5.41) is 0. The summed E-state index contributed by atoms with van der Waals surface area (Å²) in [6.45, 7) is 5.51. The second kappa shape index (κ2) is 6.54. The number of rotatable bonds is 6. The number of primary amides is 1. The van der Waals surface area contributed by atoms with Crippen LogP contribution in [-0.4, -0.2) is 41.4 Å². The molecule has 2 N–H and O–H groups in total. The van der Waals surface area contributed by atoms with Gasteiger partial charge >= 0.3 is 5.97 Å². The minimum absolute atomic E-state index is 0.0503. The van der Waals surface area contributed by atoms with E-state index >= 15 is 0 Å². The van der Waals surface area contributed by atoms with E-state index in [1.807, 2.05) is 6.92 Å². The van der Waals surface area contributed by atoms with E-state index in [1.165, 1.54) is 6.92 Å². The molecular weight excluding hydrogens is 248 g/mol. The van der Waals surface area contributed by atoms with Gasteiger partial charge in [0.15, 0.2) is 0 Å². The Balaban J connectivity index is 2.57. The van der Waals surface area contributed by atoms with Crippen LogP contribution in [-0.2, 0) is 19.1 Å². The van der Waals surface area contributed by atoms with Gasteiger partial charge in [-0.1, -0.05) is 6.92 Å². The molecule has 0 spiro atoms. The second-order valence-corrected chi connectivity index (χ2v) is 5.10. The lowest BCUT2D eigenvalue weighted by atomic mass is 10.0. The van der Waals surface area contributed by atoms with Gasteiger partial charge in [-0.05, 0) is 25.7 Å². The molecule has 0 saturated carbocycles. The van der Waals surface area contributed by atoms with E-state index in [-0.39, 0.29) is 23.9 Å². The van der Waals surface area contributed by atoms with Gasteiger partial charge in [-0.2, -0.15) is 0 Å². The van der Waals surface area contributed by atoms with Crippen LogP contribution in [0, 0.1) is 5.92 Å². The Labute approximate surface area is 113 Å². The van der Waals surface area contributed by atoms with Crippen molar-refractivity contribution in [2.75, 3.05) is 6.54 Å². The maximum atomic E-state index is 11.9. The fraction of sp³-hybridized carbons (Fsp3) is 0.769. The van der Waals surface area contributed by atoms with Gasteiger partial charge in [0.25, 0.3) is 0 Å². The van der Waals surface area contributed by atoms with E-state index in [4.69, 9.17) is 10.5 Å². The number of hydrogen-bond acceptors (Lipinski definition) is 4. The summed E-state index contributed by atoms with van der Waals surface area (Å²) in [5.74, 6) is -0.734. The Morgan fingerprint density at radius 2 is 2.16 bits per heavy atom. The first kappa shape index (κ1) is 15.5. The first-order valence-corrected chi connectivity index (χ1v) is 6.61. The summed E-state index contributed by atoms with van der Waals surface area (Å²) in [5.41, 5.74) is 5.30. The van der Waals surface area contributed by atoms with Gasteiger partial charge in [0.1, 0.15) is 6.04 Å². The van der Waals surface area contributed by atoms with Gasteiger partial charge in [0.05, 0.1) is 6.10 Å². The standard InChI is InChI=1S/C13H22N2O4/c1-4-11(13(14)18)15-7-10(6-12(15)17)5-8(2)19-9(3)16/h8,10-11H,4-7H2,1-3H3,(H2,14,18)/t8?,10-,11+/m1/s1. The van der Waals surface area contributed by atoms with Gasteiger partial charge in [0.2, 0.25) is 11.8 Å². The van der Waals surface area contributed by atoms with Gasteiger partial charge in [-0.15, -0.1) is 0 Å². The molecule has 2 amide bonds. The average molecular weight is 270 g/mol. The SMILES string of the molecule is CC[C@@H](C(N)=O)N1C[C@H](CC(C)OC(C)=O)CC1=O. The Bertz CT molecular complexity index is 370. The number of esters is 1. The molecule has 1 aliphatic rings. The highest BCUT2D eigenvalue weighted by molar-refractivity contribution is 5.87. The number of ether oxygens (including phenoxy) is 1. The third-order valence-corrected chi connectivity index (χ3v) is 3.36. The highest BCUT2D eigenvalue weighted by Crippen LogP contribution is 2.25. The van der Waals surface area contributed by atoms with Crippen LogP contribution in [0.15, 0.2) is 0 Å². The predicted molar refractivity (Wildman–Crippen MR) is 68.9 cm³/mol. The monoisotopic (exact) mass is 270 g/mol. The van der Waals surface area contributed by atoms with Crippen molar-refractivity contribution < 1.29 is 19.1 Å². The molecule has 1 rings (SSSR count). The van der Waals surface area contributed by atoms with E-state index in [1.54, 1.807) is 11.8 Å². The summed E-state index contributed by atoms with van der Waals surface area (Å²) in [6, 6.07) is -0.526. The van der Waals surface area contributed by atoms with E-state index in [2.05, 4.69) is 0 Å². The number of likely N-dealkylation sites (tertiary alicyclic amines) is 1. The fourth-order valence-corrected chi connectivity index (χ4v) is 2.64. The largest absolute Gasteiger partial charge is 0.463 e. The number of nitrogens with two attached hydrogens (primary N) is 1. The van der Waals surface area contributed by atoms with Crippen LogP contribution in [0.25, 0.3) is 0 Å². The molecule has 0 aliphatic carbocycles. The van der Waals surface area contributed by atoms with Crippen LogP contribution < -0.4 is 5.73 Å². The molecule has 3 atom stereocenters. The minimum Gasteiger partial charge on any atom is -0.463 e. The lowest BCUT2D eigenvalue weighted by Gasteiger charge is -2.24. The molecule has 19 heavy (non-hydrogen) atoms. The Morgan fingerprint density at radius 3 is 2.63 bits per heavy atom. The maximum absolute atomic E-state index is 11.9. The van der Waals surface area contributed by atoms with Gasteiger partial charge in [-0.3, -0.25) is 14.4 Å². The molecule has 108 valence electrons. The predicted octanol–water partition coefficient (Wildman–Crippen LogP) is 0.440. The lowest BCUT2D eigenvalue weighted by molar-refractivity contribution is -0.146. The summed E-state index contributed by atoms with van der Waals surface area (Å²) < 4.78 is 5.06. The van der Waals surface area contributed by atoms with Crippen molar-refractivity contribution in [3.63, 3.8) is 0 Å². The van der Waals surface area contributed by atoms with Crippen molar-refractivity contribution in [1.29, 1.82) is 0 Å². The van der Waals surface area contributed by atoms with Gasteiger partial charge < -0.3 is 15.4 Å².